The van der Waals surface area contributed by atoms with Crippen LogP contribution in [0.1, 0.15) is 5.56 Å². The first-order valence-electron chi connectivity index (χ1n) is 4.40. The van der Waals surface area contributed by atoms with E-state index in [1.165, 1.54) is 0 Å². The Morgan fingerprint density at radius 3 is 2.93 bits per heavy atom. The number of fused-ring (bicyclic) bond motifs is 1. The molecular weight excluding hydrogens is 200 g/mol. The Balaban J connectivity index is 2.60. The Bertz CT molecular complexity index is 403. The van der Waals surface area contributed by atoms with Gasteiger partial charge in [-0.2, -0.15) is 0 Å². The average molecular weight is 211 g/mol. The van der Waals surface area contributed by atoms with Crippen molar-refractivity contribution in [3.8, 4) is 0 Å². The summed E-state index contributed by atoms with van der Waals surface area (Å²) in [4.78, 5) is 13.1. The Hall–Kier alpha value is -1.22. The predicted molar refractivity (Wildman–Crippen MR) is 58.1 cm³/mol. The van der Waals surface area contributed by atoms with Gasteiger partial charge in [0.15, 0.2) is 0 Å². The Morgan fingerprint density at radius 1 is 1.50 bits per heavy atom. The van der Waals surface area contributed by atoms with Gasteiger partial charge in [-0.15, -0.1) is 0 Å². The van der Waals surface area contributed by atoms with E-state index in [0.717, 1.165) is 16.9 Å². The lowest BCUT2D eigenvalue weighted by molar-refractivity contribution is -0.116. The molecule has 0 aromatic heterocycles. The van der Waals surface area contributed by atoms with E-state index in [9.17, 15) is 4.79 Å². The van der Waals surface area contributed by atoms with E-state index in [-0.39, 0.29) is 5.91 Å². The van der Waals surface area contributed by atoms with E-state index in [1.54, 1.807) is 11.9 Å². The molecule has 1 heterocycles. The second-order valence-electron chi connectivity index (χ2n) is 3.43. The first-order chi connectivity index (χ1) is 6.59. The minimum atomic E-state index is 0.0722. The van der Waals surface area contributed by atoms with Crippen molar-refractivity contribution in [1.29, 1.82) is 0 Å². The number of halogens is 1. The fraction of sp³-hybridized carbons (Fsp3) is 0.300. The summed E-state index contributed by atoms with van der Waals surface area (Å²) in [6, 6.07) is 3.70. The van der Waals surface area contributed by atoms with Gasteiger partial charge in [-0.25, -0.2) is 0 Å². The second kappa shape index (κ2) is 3.17. The Kier molecular flexibility index (Phi) is 2.11. The molecule has 0 saturated carbocycles. The smallest absolute Gasteiger partial charge is 0.246 e. The zero-order valence-corrected chi connectivity index (χ0v) is 8.85. The lowest BCUT2D eigenvalue weighted by atomic mass is 10.1. The third-order valence-corrected chi connectivity index (χ3v) is 2.62. The predicted octanol–water partition coefficient (Wildman–Crippen LogP) is 2.04. The van der Waals surface area contributed by atoms with Crippen LogP contribution in [-0.2, 0) is 4.79 Å². The molecule has 0 unspecified atom stereocenters. The topological polar surface area (TPSA) is 32.3 Å². The van der Waals surface area contributed by atoms with Crippen LogP contribution in [0, 0.1) is 6.92 Å². The molecule has 14 heavy (non-hydrogen) atoms. The minimum Gasteiger partial charge on any atom is -0.374 e. The van der Waals surface area contributed by atoms with Crippen molar-refractivity contribution < 1.29 is 4.79 Å². The van der Waals surface area contributed by atoms with Crippen molar-refractivity contribution in [3.05, 3.63) is 22.7 Å². The molecule has 0 bridgehead atoms. The van der Waals surface area contributed by atoms with Crippen molar-refractivity contribution >= 4 is 28.9 Å². The van der Waals surface area contributed by atoms with Crippen molar-refractivity contribution in [2.45, 2.75) is 6.92 Å². The molecule has 0 fully saturated rings. The molecule has 0 spiro atoms. The largest absolute Gasteiger partial charge is 0.374 e. The molecule has 1 aromatic rings. The maximum Gasteiger partial charge on any atom is 0.246 e. The standard InChI is InChI=1S/C10H11ClN2O/c1-6-3-7(11)4-8-10(6)13(2)9(14)5-12-8/h3-4,12H,5H2,1-2H3. The molecule has 0 radical (unpaired) electrons. The second-order valence-corrected chi connectivity index (χ2v) is 3.86. The van der Waals surface area contributed by atoms with Gasteiger partial charge in [0.25, 0.3) is 0 Å². The number of anilines is 2. The highest BCUT2D eigenvalue weighted by atomic mass is 35.5. The molecule has 3 nitrogen and oxygen atoms in total. The van der Waals surface area contributed by atoms with Gasteiger partial charge in [0.05, 0.1) is 17.9 Å². The minimum absolute atomic E-state index is 0.0722. The van der Waals surface area contributed by atoms with Crippen LogP contribution >= 0.6 is 11.6 Å². The van der Waals surface area contributed by atoms with Crippen LogP contribution in [0.4, 0.5) is 11.4 Å². The van der Waals surface area contributed by atoms with Gasteiger partial charge in [-0.05, 0) is 24.6 Å². The molecular formula is C10H11ClN2O. The summed E-state index contributed by atoms with van der Waals surface area (Å²) in [7, 11) is 1.78. The van der Waals surface area contributed by atoms with Crippen molar-refractivity contribution in [3.63, 3.8) is 0 Å². The maximum absolute atomic E-state index is 11.4. The summed E-state index contributed by atoms with van der Waals surface area (Å²) in [5.41, 5.74) is 2.86. The lowest BCUT2D eigenvalue weighted by Gasteiger charge is -2.28. The molecule has 0 saturated heterocycles. The van der Waals surface area contributed by atoms with Gasteiger partial charge in [-0.1, -0.05) is 11.6 Å². The number of hydrogen-bond acceptors (Lipinski definition) is 2. The Labute approximate surface area is 87.7 Å². The highest BCUT2D eigenvalue weighted by Gasteiger charge is 2.22. The number of nitrogens with zero attached hydrogens (tertiary/aromatic N) is 1. The monoisotopic (exact) mass is 210 g/mol. The number of likely N-dealkylation sites (N-methyl/N-ethyl adjacent to an activating group) is 1. The molecule has 1 amide bonds. The van der Waals surface area contributed by atoms with Crippen molar-refractivity contribution in [2.24, 2.45) is 0 Å². The number of nitrogens with one attached hydrogen (secondary N) is 1. The molecule has 1 aliphatic heterocycles. The Morgan fingerprint density at radius 2 is 2.21 bits per heavy atom. The van der Waals surface area contributed by atoms with Crippen LogP contribution in [0.15, 0.2) is 12.1 Å². The van der Waals surface area contributed by atoms with E-state index in [4.69, 9.17) is 11.6 Å². The molecule has 2 rings (SSSR count). The third-order valence-electron chi connectivity index (χ3n) is 2.40. The third kappa shape index (κ3) is 1.34. The maximum atomic E-state index is 11.4. The van der Waals surface area contributed by atoms with Gasteiger partial charge in [0.1, 0.15) is 0 Å². The lowest BCUT2D eigenvalue weighted by Crippen LogP contribution is -2.37. The van der Waals surface area contributed by atoms with E-state index in [2.05, 4.69) is 5.32 Å². The van der Waals surface area contributed by atoms with Crippen LogP contribution < -0.4 is 10.2 Å². The number of carbonyl (C=O) groups is 1. The first-order valence-corrected chi connectivity index (χ1v) is 4.78. The van der Waals surface area contributed by atoms with Crippen LogP contribution in [-0.4, -0.2) is 19.5 Å². The van der Waals surface area contributed by atoms with E-state index in [1.807, 2.05) is 19.1 Å². The van der Waals surface area contributed by atoms with Gasteiger partial charge >= 0.3 is 0 Å². The molecule has 0 atom stereocenters. The SMILES string of the molecule is Cc1cc(Cl)cc2c1N(C)C(=O)CN2. The van der Waals surface area contributed by atoms with E-state index in [0.29, 0.717) is 11.6 Å². The molecule has 4 heteroatoms. The summed E-state index contributed by atoms with van der Waals surface area (Å²) >= 11 is 5.92. The van der Waals surface area contributed by atoms with Gasteiger partial charge in [0, 0.05) is 12.1 Å². The number of carbonyl (C=O) groups excluding carboxylic acids is 1. The van der Waals surface area contributed by atoms with Gasteiger partial charge in [-0.3, -0.25) is 4.79 Å². The highest BCUT2D eigenvalue weighted by molar-refractivity contribution is 6.31. The summed E-state index contributed by atoms with van der Waals surface area (Å²) in [6.45, 7) is 2.28. The van der Waals surface area contributed by atoms with Crippen molar-refractivity contribution in [1.82, 2.24) is 0 Å². The zero-order chi connectivity index (χ0) is 10.3. The number of benzene rings is 1. The number of rotatable bonds is 0. The summed E-state index contributed by atoms with van der Waals surface area (Å²) in [5, 5.41) is 3.74. The fourth-order valence-electron chi connectivity index (χ4n) is 1.73. The quantitative estimate of drug-likeness (QED) is 0.711. The average Bonchev–Trinajstić information content (AvgIpc) is 2.10. The van der Waals surface area contributed by atoms with E-state index >= 15 is 0 Å². The fourth-order valence-corrected chi connectivity index (χ4v) is 2.00. The van der Waals surface area contributed by atoms with Gasteiger partial charge < -0.3 is 10.2 Å². The van der Waals surface area contributed by atoms with Crippen LogP contribution in [0.2, 0.25) is 5.02 Å². The van der Waals surface area contributed by atoms with Crippen molar-refractivity contribution in [2.75, 3.05) is 23.8 Å². The van der Waals surface area contributed by atoms with Crippen LogP contribution in [0.3, 0.4) is 0 Å². The molecule has 1 aromatic carbocycles. The highest BCUT2D eigenvalue weighted by Crippen LogP contribution is 2.34. The molecule has 0 aliphatic carbocycles. The molecule has 74 valence electrons. The normalized spacial score (nSPS) is 15.1. The summed E-state index contributed by atoms with van der Waals surface area (Å²) in [5.74, 6) is 0.0722. The number of aryl methyl sites for hydroxylation is 1. The van der Waals surface area contributed by atoms with Crippen LogP contribution in [0.5, 0.6) is 0 Å². The summed E-state index contributed by atoms with van der Waals surface area (Å²) < 4.78 is 0. The first kappa shape index (κ1) is 9.34. The molecule has 1 aliphatic rings. The van der Waals surface area contributed by atoms with Crippen LogP contribution in [0.25, 0.3) is 0 Å². The van der Waals surface area contributed by atoms with E-state index < -0.39 is 0 Å². The van der Waals surface area contributed by atoms with Gasteiger partial charge in [0.2, 0.25) is 5.91 Å². The number of amides is 1. The molecule has 1 N–H and O–H groups in total. The zero-order valence-electron chi connectivity index (χ0n) is 8.10. The number of hydrogen-bond donors (Lipinski definition) is 1. The summed E-state index contributed by atoms with van der Waals surface area (Å²) in [6.07, 6.45) is 0.